The van der Waals surface area contributed by atoms with E-state index in [-0.39, 0.29) is 11.5 Å². The lowest BCUT2D eigenvalue weighted by molar-refractivity contribution is 0.459. The van der Waals surface area contributed by atoms with Crippen molar-refractivity contribution in [3.8, 4) is 5.75 Å². The maximum Gasteiger partial charge on any atom is 0.134 e. The highest BCUT2D eigenvalue weighted by molar-refractivity contribution is 9.10. The Morgan fingerprint density at radius 1 is 1.50 bits per heavy atom. The van der Waals surface area contributed by atoms with Crippen LogP contribution in [-0.2, 0) is 11.8 Å². The van der Waals surface area contributed by atoms with Crippen molar-refractivity contribution >= 4 is 15.9 Å². The molecule has 2 rings (SSSR count). The Labute approximate surface area is 105 Å². The fourth-order valence-electron chi connectivity index (χ4n) is 2.47. The van der Waals surface area contributed by atoms with Gasteiger partial charge in [0.25, 0.3) is 0 Å². The molecule has 1 unspecified atom stereocenters. The van der Waals surface area contributed by atoms with Gasteiger partial charge in [0.15, 0.2) is 0 Å². The summed E-state index contributed by atoms with van der Waals surface area (Å²) in [6.45, 7) is 6.39. The number of halogens is 1. The standard InChI is InChI=1S/C13H18BrNO/c1-7(15)9-6-10-8(11(14)12(9)16)4-5-13(10,2)3/h6-7,16H,4-5,15H2,1-3H3. The van der Waals surface area contributed by atoms with E-state index in [1.54, 1.807) is 0 Å². The minimum atomic E-state index is -0.141. The zero-order valence-corrected chi connectivity index (χ0v) is 11.6. The zero-order chi connectivity index (χ0) is 12.1. The van der Waals surface area contributed by atoms with Crippen LogP contribution >= 0.6 is 15.9 Å². The van der Waals surface area contributed by atoms with Gasteiger partial charge in [0.2, 0.25) is 0 Å². The monoisotopic (exact) mass is 283 g/mol. The molecule has 3 heteroatoms. The number of hydrogen-bond acceptors (Lipinski definition) is 2. The smallest absolute Gasteiger partial charge is 0.134 e. The van der Waals surface area contributed by atoms with Crippen molar-refractivity contribution in [3.63, 3.8) is 0 Å². The number of aromatic hydroxyl groups is 1. The average Bonchev–Trinajstić information content (AvgIpc) is 2.48. The number of nitrogens with two attached hydrogens (primary N) is 1. The predicted octanol–water partition coefficient (Wildman–Crippen LogP) is 3.40. The van der Waals surface area contributed by atoms with Crippen LogP contribution in [0.1, 0.15) is 49.9 Å². The molecule has 0 saturated heterocycles. The van der Waals surface area contributed by atoms with E-state index in [9.17, 15) is 5.11 Å². The largest absolute Gasteiger partial charge is 0.506 e. The van der Waals surface area contributed by atoms with E-state index < -0.39 is 0 Å². The van der Waals surface area contributed by atoms with Gasteiger partial charge in [-0.3, -0.25) is 0 Å². The molecule has 3 N–H and O–H groups in total. The number of hydrogen-bond donors (Lipinski definition) is 2. The Morgan fingerprint density at radius 3 is 2.69 bits per heavy atom. The molecule has 0 fully saturated rings. The van der Waals surface area contributed by atoms with Gasteiger partial charge in [-0.05, 0) is 58.3 Å². The van der Waals surface area contributed by atoms with Crippen LogP contribution in [0.2, 0.25) is 0 Å². The summed E-state index contributed by atoms with van der Waals surface area (Å²) in [4.78, 5) is 0. The fourth-order valence-corrected chi connectivity index (χ4v) is 3.11. The lowest BCUT2D eigenvalue weighted by Gasteiger charge is -2.21. The van der Waals surface area contributed by atoms with Gasteiger partial charge in [-0.2, -0.15) is 0 Å². The van der Waals surface area contributed by atoms with Gasteiger partial charge in [-0.25, -0.2) is 0 Å². The third-order valence-corrected chi connectivity index (χ3v) is 4.45. The molecule has 0 aromatic heterocycles. The first-order valence-electron chi connectivity index (χ1n) is 5.65. The van der Waals surface area contributed by atoms with Gasteiger partial charge in [-0.15, -0.1) is 0 Å². The molecule has 1 aliphatic rings. The summed E-state index contributed by atoms with van der Waals surface area (Å²) in [6.07, 6.45) is 2.15. The van der Waals surface area contributed by atoms with E-state index in [0.29, 0.717) is 5.75 Å². The summed E-state index contributed by atoms with van der Waals surface area (Å²) in [5.74, 6) is 0.312. The zero-order valence-electron chi connectivity index (χ0n) is 9.97. The topological polar surface area (TPSA) is 46.2 Å². The molecule has 0 spiro atoms. The van der Waals surface area contributed by atoms with E-state index in [1.807, 2.05) is 6.92 Å². The van der Waals surface area contributed by atoms with Crippen LogP contribution in [0.25, 0.3) is 0 Å². The van der Waals surface area contributed by atoms with E-state index >= 15 is 0 Å². The number of rotatable bonds is 1. The van der Waals surface area contributed by atoms with Gasteiger partial charge in [0.05, 0.1) is 4.47 Å². The molecule has 1 aliphatic carbocycles. The van der Waals surface area contributed by atoms with Gasteiger partial charge in [0, 0.05) is 11.6 Å². The Bertz CT molecular complexity index is 438. The number of fused-ring (bicyclic) bond motifs is 1. The second kappa shape index (κ2) is 3.74. The summed E-state index contributed by atoms with van der Waals surface area (Å²) in [7, 11) is 0. The Hall–Kier alpha value is -0.540. The van der Waals surface area contributed by atoms with E-state index in [0.717, 1.165) is 22.9 Å². The van der Waals surface area contributed by atoms with Gasteiger partial charge < -0.3 is 10.8 Å². The summed E-state index contributed by atoms with van der Waals surface area (Å²) in [6, 6.07) is 1.94. The quantitative estimate of drug-likeness (QED) is 0.830. The Balaban J connectivity index is 2.68. The van der Waals surface area contributed by atoms with Crippen LogP contribution in [-0.4, -0.2) is 5.11 Å². The first-order chi connectivity index (χ1) is 7.34. The van der Waals surface area contributed by atoms with Crippen LogP contribution in [0.3, 0.4) is 0 Å². The van der Waals surface area contributed by atoms with Crippen LogP contribution < -0.4 is 5.73 Å². The molecule has 0 radical (unpaired) electrons. The third-order valence-electron chi connectivity index (χ3n) is 3.59. The molecule has 1 aromatic carbocycles. The van der Waals surface area contributed by atoms with E-state index in [1.165, 1.54) is 11.1 Å². The number of phenolic OH excluding ortho intramolecular Hbond substituents is 1. The normalized spacial score (nSPS) is 19.6. The third kappa shape index (κ3) is 1.66. The van der Waals surface area contributed by atoms with Crippen molar-refractivity contribution in [1.82, 2.24) is 0 Å². The highest BCUT2D eigenvalue weighted by Gasteiger charge is 2.33. The summed E-state index contributed by atoms with van der Waals surface area (Å²) < 4.78 is 0.836. The molecule has 2 nitrogen and oxygen atoms in total. The van der Waals surface area contributed by atoms with E-state index in [2.05, 4.69) is 35.8 Å². The Morgan fingerprint density at radius 2 is 2.12 bits per heavy atom. The highest BCUT2D eigenvalue weighted by Crippen LogP contribution is 2.46. The second-order valence-corrected chi connectivity index (χ2v) is 6.12. The molecule has 88 valence electrons. The lowest BCUT2D eigenvalue weighted by atomic mass is 9.85. The highest BCUT2D eigenvalue weighted by atomic mass is 79.9. The average molecular weight is 284 g/mol. The minimum absolute atomic E-state index is 0.141. The van der Waals surface area contributed by atoms with Gasteiger partial charge in [0.1, 0.15) is 5.75 Å². The summed E-state index contributed by atoms with van der Waals surface area (Å²) in [5, 5.41) is 10.1. The molecule has 1 atom stereocenters. The molecule has 1 aromatic rings. The van der Waals surface area contributed by atoms with Crippen LogP contribution in [0, 0.1) is 0 Å². The maximum absolute atomic E-state index is 10.1. The van der Waals surface area contributed by atoms with Crippen LogP contribution in [0.4, 0.5) is 0 Å². The first-order valence-corrected chi connectivity index (χ1v) is 6.44. The second-order valence-electron chi connectivity index (χ2n) is 5.33. The number of phenols is 1. The van der Waals surface area contributed by atoms with Gasteiger partial charge in [-0.1, -0.05) is 13.8 Å². The molecule has 0 amide bonds. The van der Waals surface area contributed by atoms with Crippen LogP contribution in [0.15, 0.2) is 10.5 Å². The number of benzene rings is 1. The Kier molecular flexibility index (Phi) is 2.79. The molecule has 0 saturated carbocycles. The molecule has 0 aliphatic heterocycles. The SMILES string of the molecule is CC(N)c1cc2c(c(Br)c1O)CCC2(C)C. The van der Waals surface area contributed by atoms with Gasteiger partial charge >= 0.3 is 0 Å². The van der Waals surface area contributed by atoms with Crippen molar-refractivity contribution in [2.24, 2.45) is 5.73 Å². The molecular formula is C13H18BrNO. The van der Waals surface area contributed by atoms with Crippen molar-refractivity contribution in [3.05, 3.63) is 27.2 Å². The van der Waals surface area contributed by atoms with Crippen molar-refractivity contribution in [2.75, 3.05) is 0 Å². The minimum Gasteiger partial charge on any atom is -0.506 e. The van der Waals surface area contributed by atoms with Crippen LogP contribution in [0.5, 0.6) is 5.75 Å². The predicted molar refractivity (Wildman–Crippen MR) is 69.8 cm³/mol. The molecule has 16 heavy (non-hydrogen) atoms. The van der Waals surface area contributed by atoms with E-state index in [4.69, 9.17) is 5.73 Å². The lowest BCUT2D eigenvalue weighted by Crippen LogP contribution is -2.14. The maximum atomic E-state index is 10.1. The molecule has 0 heterocycles. The van der Waals surface area contributed by atoms with Crippen molar-refractivity contribution in [1.29, 1.82) is 0 Å². The molecular weight excluding hydrogens is 266 g/mol. The summed E-state index contributed by atoms with van der Waals surface area (Å²) in [5.41, 5.74) is 9.47. The summed E-state index contributed by atoms with van der Waals surface area (Å²) >= 11 is 3.50. The first kappa shape index (κ1) is 11.9. The van der Waals surface area contributed by atoms with Crippen molar-refractivity contribution < 1.29 is 5.11 Å². The van der Waals surface area contributed by atoms with Crippen molar-refractivity contribution in [2.45, 2.75) is 45.1 Å². The molecule has 0 bridgehead atoms. The fraction of sp³-hybridized carbons (Fsp3) is 0.538.